The molecule has 0 aliphatic heterocycles. The zero-order chi connectivity index (χ0) is 14.9. The average molecular weight is 287 g/mol. The van der Waals surface area contributed by atoms with Crippen LogP contribution in [0.1, 0.15) is 42.7 Å². The molecule has 1 saturated carbocycles. The molecule has 0 aromatic heterocycles. The van der Waals surface area contributed by atoms with Crippen molar-refractivity contribution in [3.05, 3.63) is 71.3 Å². The van der Waals surface area contributed by atoms with E-state index in [1.165, 1.54) is 12.1 Å². The van der Waals surface area contributed by atoms with E-state index in [0.29, 0.717) is 5.56 Å². The van der Waals surface area contributed by atoms with E-state index in [1.54, 1.807) is 0 Å². The number of halogens is 2. The smallest absolute Gasteiger partial charge is 0.126 e. The van der Waals surface area contributed by atoms with Crippen LogP contribution in [-0.2, 0) is 5.54 Å². The molecule has 0 saturated heterocycles. The maximum atomic E-state index is 13.6. The summed E-state index contributed by atoms with van der Waals surface area (Å²) in [6.45, 7) is 0. The van der Waals surface area contributed by atoms with Crippen molar-refractivity contribution in [2.75, 3.05) is 0 Å². The summed E-state index contributed by atoms with van der Waals surface area (Å²) in [5, 5.41) is 0. The van der Waals surface area contributed by atoms with Crippen LogP contribution in [0, 0.1) is 11.6 Å². The molecule has 1 aliphatic carbocycles. The maximum absolute atomic E-state index is 13.6. The van der Waals surface area contributed by atoms with Gasteiger partial charge in [0, 0.05) is 17.5 Å². The minimum atomic E-state index is -0.706. The lowest BCUT2D eigenvalue weighted by Crippen LogP contribution is -2.45. The number of rotatable bonds is 2. The Hall–Kier alpha value is -1.74. The van der Waals surface area contributed by atoms with Gasteiger partial charge in [-0.1, -0.05) is 43.2 Å². The standard InChI is InChI=1S/C18H19F2N/c19-15-10-14(11-16(20)12-15)18(21)9-5-4-8-17(18)13-6-2-1-3-7-13/h1-3,6-7,10-12,17H,4-5,8-9,21H2. The summed E-state index contributed by atoms with van der Waals surface area (Å²) in [5.74, 6) is -1.03. The van der Waals surface area contributed by atoms with Crippen LogP contribution in [0.4, 0.5) is 8.78 Å². The molecule has 1 nitrogen and oxygen atoms in total. The highest BCUT2D eigenvalue weighted by molar-refractivity contribution is 5.34. The fourth-order valence-corrected chi connectivity index (χ4v) is 3.52. The first-order chi connectivity index (χ1) is 10.1. The fraction of sp³-hybridized carbons (Fsp3) is 0.333. The first-order valence-corrected chi connectivity index (χ1v) is 7.40. The molecule has 3 heteroatoms. The Bertz CT molecular complexity index is 606. The van der Waals surface area contributed by atoms with Crippen molar-refractivity contribution in [1.82, 2.24) is 0 Å². The molecule has 110 valence electrons. The normalized spacial score (nSPS) is 25.8. The van der Waals surface area contributed by atoms with Gasteiger partial charge in [-0.3, -0.25) is 0 Å². The van der Waals surface area contributed by atoms with Gasteiger partial charge >= 0.3 is 0 Å². The second-order valence-electron chi connectivity index (χ2n) is 5.91. The van der Waals surface area contributed by atoms with Crippen molar-refractivity contribution in [3.63, 3.8) is 0 Å². The van der Waals surface area contributed by atoms with Gasteiger partial charge < -0.3 is 5.73 Å². The molecule has 1 fully saturated rings. The molecule has 3 rings (SSSR count). The van der Waals surface area contributed by atoms with Crippen LogP contribution < -0.4 is 5.73 Å². The summed E-state index contributed by atoms with van der Waals surface area (Å²) in [5.41, 5.74) is 7.66. The highest BCUT2D eigenvalue weighted by atomic mass is 19.1. The molecule has 2 unspecified atom stereocenters. The molecule has 0 spiro atoms. The number of benzene rings is 2. The average Bonchev–Trinajstić information content (AvgIpc) is 2.47. The van der Waals surface area contributed by atoms with Crippen molar-refractivity contribution in [2.24, 2.45) is 5.73 Å². The van der Waals surface area contributed by atoms with Gasteiger partial charge in [0.25, 0.3) is 0 Å². The highest BCUT2D eigenvalue weighted by Crippen LogP contribution is 2.45. The summed E-state index contributed by atoms with van der Waals surface area (Å²) in [6.07, 6.45) is 3.77. The molecule has 21 heavy (non-hydrogen) atoms. The van der Waals surface area contributed by atoms with Crippen LogP contribution in [0.5, 0.6) is 0 Å². The van der Waals surface area contributed by atoms with Gasteiger partial charge in [-0.2, -0.15) is 0 Å². The topological polar surface area (TPSA) is 26.0 Å². The van der Waals surface area contributed by atoms with E-state index >= 15 is 0 Å². The van der Waals surface area contributed by atoms with Crippen molar-refractivity contribution in [2.45, 2.75) is 37.1 Å². The molecular formula is C18H19F2N. The lowest BCUT2D eigenvalue weighted by atomic mass is 9.67. The molecule has 0 heterocycles. The van der Waals surface area contributed by atoms with E-state index in [9.17, 15) is 8.78 Å². The van der Waals surface area contributed by atoms with Crippen LogP contribution in [-0.4, -0.2) is 0 Å². The quantitative estimate of drug-likeness (QED) is 0.866. The van der Waals surface area contributed by atoms with Crippen molar-refractivity contribution in [3.8, 4) is 0 Å². The van der Waals surface area contributed by atoms with E-state index in [2.05, 4.69) is 0 Å². The molecule has 1 aliphatic rings. The summed E-state index contributed by atoms with van der Waals surface area (Å²) < 4.78 is 27.2. The number of hydrogen-bond acceptors (Lipinski definition) is 1. The number of nitrogens with two attached hydrogens (primary N) is 1. The van der Waals surface area contributed by atoms with Crippen LogP contribution in [0.3, 0.4) is 0 Å². The van der Waals surface area contributed by atoms with Crippen LogP contribution in [0.15, 0.2) is 48.5 Å². The third kappa shape index (κ3) is 2.70. The van der Waals surface area contributed by atoms with Crippen molar-refractivity contribution < 1.29 is 8.78 Å². The zero-order valence-corrected chi connectivity index (χ0v) is 11.9. The third-order valence-electron chi connectivity index (χ3n) is 4.56. The molecule has 2 atom stereocenters. The summed E-state index contributed by atoms with van der Waals surface area (Å²) in [4.78, 5) is 0. The van der Waals surface area contributed by atoms with E-state index in [4.69, 9.17) is 5.73 Å². The summed E-state index contributed by atoms with van der Waals surface area (Å²) in [6, 6.07) is 13.7. The predicted octanol–water partition coefficient (Wildman–Crippen LogP) is 4.48. The van der Waals surface area contributed by atoms with Gasteiger partial charge in [0.15, 0.2) is 0 Å². The van der Waals surface area contributed by atoms with E-state index in [1.807, 2.05) is 30.3 Å². The first-order valence-electron chi connectivity index (χ1n) is 7.40. The molecule has 0 radical (unpaired) electrons. The van der Waals surface area contributed by atoms with Crippen LogP contribution in [0.2, 0.25) is 0 Å². The molecule has 2 aromatic carbocycles. The minimum absolute atomic E-state index is 0.0913. The predicted molar refractivity (Wildman–Crippen MR) is 79.9 cm³/mol. The van der Waals surface area contributed by atoms with Gasteiger partial charge in [0.2, 0.25) is 0 Å². The van der Waals surface area contributed by atoms with E-state index in [-0.39, 0.29) is 5.92 Å². The molecule has 0 bridgehead atoms. The van der Waals surface area contributed by atoms with Gasteiger partial charge in [-0.15, -0.1) is 0 Å². The van der Waals surface area contributed by atoms with Crippen LogP contribution in [0.25, 0.3) is 0 Å². The Labute approximate surface area is 123 Å². The highest BCUT2D eigenvalue weighted by Gasteiger charge is 2.40. The Morgan fingerprint density at radius 1 is 0.952 bits per heavy atom. The monoisotopic (exact) mass is 287 g/mol. The minimum Gasteiger partial charge on any atom is -0.321 e. The van der Waals surface area contributed by atoms with E-state index in [0.717, 1.165) is 37.3 Å². The number of hydrogen-bond donors (Lipinski definition) is 1. The van der Waals surface area contributed by atoms with Crippen molar-refractivity contribution in [1.29, 1.82) is 0 Å². The molecule has 2 N–H and O–H groups in total. The van der Waals surface area contributed by atoms with Gasteiger partial charge in [-0.25, -0.2) is 8.78 Å². The Balaban J connectivity index is 2.06. The summed E-state index contributed by atoms with van der Waals surface area (Å²) in [7, 11) is 0. The second-order valence-corrected chi connectivity index (χ2v) is 5.91. The van der Waals surface area contributed by atoms with Gasteiger partial charge in [0.05, 0.1) is 0 Å². The van der Waals surface area contributed by atoms with Crippen LogP contribution >= 0.6 is 0 Å². The molecule has 0 amide bonds. The fourth-order valence-electron chi connectivity index (χ4n) is 3.52. The van der Waals surface area contributed by atoms with Crippen molar-refractivity contribution >= 4 is 0 Å². The van der Waals surface area contributed by atoms with Gasteiger partial charge in [-0.05, 0) is 36.1 Å². The lowest BCUT2D eigenvalue weighted by molar-refractivity contribution is 0.253. The largest absolute Gasteiger partial charge is 0.321 e. The van der Waals surface area contributed by atoms with Gasteiger partial charge in [0.1, 0.15) is 11.6 Å². The Kier molecular flexibility index (Phi) is 3.77. The lowest BCUT2D eigenvalue weighted by Gasteiger charge is -2.42. The van der Waals surface area contributed by atoms with E-state index < -0.39 is 17.2 Å². The first kappa shape index (κ1) is 14.2. The SMILES string of the molecule is NC1(c2cc(F)cc(F)c2)CCCCC1c1ccccc1. The zero-order valence-electron chi connectivity index (χ0n) is 11.9. The molecule has 2 aromatic rings. The Morgan fingerprint density at radius 3 is 2.29 bits per heavy atom. The third-order valence-corrected chi connectivity index (χ3v) is 4.56. The second kappa shape index (κ2) is 5.57. The maximum Gasteiger partial charge on any atom is 0.126 e. The Morgan fingerprint density at radius 2 is 1.62 bits per heavy atom. The summed E-state index contributed by atoms with van der Waals surface area (Å²) >= 11 is 0. The molecular weight excluding hydrogens is 268 g/mol.